The number of amides is 1. The monoisotopic (exact) mass is 282 g/mol. The van der Waals surface area contributed by atoms with Crippen LogP contribution in [0.15, 0.2) is 4.99 Å². The lowest BCUT2D eigenvalue weighted by Gasteiger charge is -2.29. The third kappa shape index (κ3) is 5.02. The summed E-state index contributed by atoms with van der Waals surface area (Å²) in [5, 5.41) is 9.42. The number of guanidine groups is 1. The number of carbonyl (C=O) groups excluding carboxylic acids is 1. The molecule has 0 aromatic carbocycles. The lowest BCUT2D eigenvalue weighted by atomic mass is 9.87. The van der Waals surface area contributed by atoms with Gasteiger partial charge in [0.15, 0.2) is 5.96 Å². The van der Waals surface area contributed by atoms with Crippen molar-refractivity contribution in [3.63, 3.8) is 0 Å². The molecule has 0 aromatic rings. The molecular formula is C15H30N4O. The zero-order valence-electron chi connectivity index (χ0n) is 13.5. The minimum absolute atomic E-state index is 0.0342. The van der Waals surface area contributed by atoms with Crippen molar-refractivity contribution in [2.75, 3.05) is 20.6 Å². The van der Waals surface area contributed by atoms with E-state index in [-0.39, 0.29) is 5.91 Å². The maximum absolute atomic E-state index is 11.7. The van der Waals surface area contributed by atoms with E-state index in [9.17, 15) is 4.79 Å². The topological polar surface area (TPSA) is 65.5 Å². The molecule has 0 heterocycles. The van der Waals surface area contributed by atoms with Gasteiger partial charge in [0.1, 0.15) is 0 Å². The predicted octanol–water partition coefficient (Wildman–Crippen LogP) is 1.50. The Labute approximate surface area is 123 Å². The second kappa shape index (κ2) is 7.50. The van der Waals surface area contributed by atoms with Crippen LogP contribution in [0.3, 0.4) is 0 Å². The van der Waals surface area contributed by atoms with Crippen molar-refractivity contribution in [2.45, 2.75) is 52.5 Å². The van der Waals surface area contributed by atoms with Crippen molar-refractivity contribution in [3.05, 3.63) is 0 Å². The summed E-state index contributed by atoms with van der Waals surface area (Å²) in [7, 11) is 3.44. The average molecular weight is 282 g/mol. The van der Waals surface area contributed by atoms with Crippen LogP contribution in [0.1, 0.15) is 46.5 Å². The maximum Gasteiger partial charge on any atom is 0.227 e. The number of rotatable bonds is 4. The van der Waals surface area contributed by atoms with Crippen LogP contribution in [0, 0.1) is 11.3 Å². The fourth-order valence-electron chi connectivity index (χ4n) is 2.52. The van der Waals surface area contributed by atoms with Crippen molar-refractivity contribution in [1.29, 1.82) is 0 Å². The molecule has 1 fully saturated rings. The zero-order valence-corrected chi connectivity index (χ0v) is 13.5. The summed E-state index contributed by atoms with van der Waals surface area (Å²) in [5.74, 6) is 1.67. The molecule has 116 valence electrons. The Kier molecular flexibility index (Phi) is 6.30. The quantitative estimate of drug-likeness (QED) is 0.541. The second-order valence-electron chi connectivity index (χ2n) is 6.49. The highest BCUT2D eigenvalue weighted by Gasteiger charge is 2.27. The third-order valence-electron chi connectivity index (χ3n) is 4.12. The van der Waals surface area contributed by atoms with E-state index in [0.717, 1.165) is 11.9 Å². The second-order valence-corrected chi connectivity index (χ2v) is 6.49. The minimum Gasteiger partial charge on any atom is -0.359 e. The Hall–Kier alpha value is -1.26. The third-order valence-corrected chi connectivity index (χ3v) is 4.12. The van der Waals surface area contributed by atoms with Gasteiger partial charge in [-0.15, -0.1) is 0 Å². The van der Waals surface area contributed by atoms with Crippen molar-refractivity contribution >= 4 is 11.9 Å². The molecule has 20 heavy (non-hydrogen) atoms. The van der Waals surface area contributed by atoms with Crippen LogP contribution < -0.4 is 16.0 Å². The van der Waals surface area contributed by atoms with Gasteiger partial charge in [0.25, 0.3) is 0 Å². The first-order chi connectivity index (χ1) is 9.39. The molecule has 0 bridgehead atoms. The SMILES string of the molecule is CN=C(NCC(C)(C)C(=O)NC)NC1CCC(C)CC1. The van der Waals surface area contributed by atoms with E-state index >= 15 is 0 Å². The van der Waals surface area contributed by atoms with E-state index in [1.54, 1.807) is 14.1 Å². The highest BCUT2D eigenvalue weighted by Crippen LogP contribution is 2.23. The number of nitrogens with one attached hydrogen (secondary N) is 3. The standard InChI is InChI=1S/C15H30N4O/c1-11-6-8-12(9-7-11)19-14(17-5)18-10-15(2,3)13(20)16-4/h11-12H,6-10H2,1-5H3,(H,16,20)(H2,17,18,19). The van der Waals surface area contributed by atoms with E-state index in [2.05, 4.69) is 27.9 Å². The largest absolute Gasteiger partial charge is 0.359 e. The van der Waals surface area contributed by atoms with Gasteiger partial charge in [-0.25, -0.2) is 0 Å². The van der Waals surface area contributed by atoms with E-state index in [1.807, 2.05) is 13.8 Å². The van der Waals surface area contributed by atoms with Crippen LogP contribution in [-0.2, 0) is 4.79 Å². The fraction of sp³-hybridized carbons (Fsp3) is 0.867. The van der Waals surface area contributed by atoms with E-state index in [4.69, 9.17) is 0 Å². The maximum atomic E-state index is 11.7. The van der Waals surface area contributed by atoms with Crippen LogP contribution in [-0.4, -0.2) is 38.5 Å². The molecule has 1 rings (SSSR count). The lowest BCUT2D eigenvalue weighted by molar-refractivity contribution is -0.128. The Morgan fingerprint density at radius 3 is 2.35 bits per heavy atom. The molecule has 0 saturated heterocycles. The fourth-order valence-corrected chi connectivity index (χ4v) is 2.52. The summed E-state index contributed by atoms with van der Waals surface area (Å²) >= 11 is 0. The van der Waals surface area contributed by atoms with E-state index < -0.39 is 5.41 Å². The number of nitrogens with zero attached hydrogens (tertiary/aromatic N) is 1. The summed E-state index contributed by atoms with van der Waals surface area (Å²) in [6, 6.07) is 0.500. The van der Waals surface area contributed by atoms with Gasteiger partial charge in [-0.2, -0.15) is 0 Å². The first-order valence-corrected chi connectivity index (χ1v) is 7.58. The van der Waals surface area contributed by atoms with Crippen LogP contribution in [0.2, 0.25) is 0 Å². The van der Waals surface area contributed by atoms with Gasteiger partial charge in [-0.3, -0.25) is 9.79 Å². The summed E-state index contributed by atoms with van der Waals surface area (Å²) in [5.41, 5.74) is -0.451. The summed E-state index contributed by atoms with van der Waals surface area (Å²) in [4.78, 5) is 16.0. The molecule has 1 aliphatic rings. The van der Waals surface area contributed by atoms with Gasteiger partial charge in [-0.05, 0) is 45.4 Å². The zero-order chi connectivity index (χ0) is 15.2. The molecule has 3 N–H and O–H groups in total. The molecule has 0 aliphatic heterocycles. The van der Waals surface area contributed by atoms with Gasteiger partial charge in [0.2, 0.25) is 5.91 Å². The Morgan fingerprint density at radius 1 is 1.25 bits per heavy atom. The van der Waals surface area contributed by atoms with E-state index in [0.29, 0.717) is 12.6 Å². The van der Waals surface area contributed by atoms with Crippen LogP contribution in [0.25, 0.3) is 0 Å². The van der Waals surface area contributed by atoms with E-state index in [1.165, 1.54) is 25.7 Å². The lowest BCUT2D eigenvalue weighted by Crippen LogP contribution is -2.50. The molecule has 1 aliphatic carbocycles. The molecule has 1 saturated carbocycles. The normalized spacial score (nSPS) is 24.1. The predicted molar refractivity (Wildman–Crippen MR) is 83.8 cm³/mol. The van der Waals surface area contributed by atoms with Gasteiger partial charge in [0.05, 0.1) is 5.41 Å². The Morgan fingerprint density at radius 2 is 1.85 bits per heavy atom. The average Bonchev–Trinajstić information content (AvgIpc) is 2.44. The van der Waals surface area contributed by atoms with Crippen molar-refractivity contribution in [3.8, 4) is 0 Å². The number of carbonyl (C=O) groups is 1. The highest BCUT2D eigenvalue weighted by atomic mass is 16.2. The van der Waals surface area contributed by atoms with Gasteiger partial charge >= 0.3 is 0 Å². The molecule has 0 radical (unpaired) electrons. The molecule has 0 aromatic heterocycles. The first-order valence-electron chi connectivity index (χ1n) is 7.58. The Bertz CT molecular complexity index is 344. The van der Waals surface area contributed by atoms with Gasteiger partial charge in [0, 0.05) is 26.7 Å². The highest BCUT2D eigenvalue weighted by molar-refractivity contribution is 5.84. The van der Waals surface area contributed by atoms with Gasteiger partial charge < -0.3 is 16.0 Å². The summed E-state index contributed by atoms with van der Waals surface area (Å²) < 4.78 is 0. The van der Waals surface area contributed by atoms with Crippen LogP contribution in [0.4, 0.5) is 0 Å². The van der Waals surface area contributed by atoms with Crippen molar-refractivity contribution < 1.29 is 4.79 Å². The first kappa shape index (κ1) is 16.8. The minimum atomic E-state index is -0.451. The van der Waals surface area contributed by atoms with Crippen molar-refractivity contribution in [1.82, 2.24) is 16.0 Å². The molecule has 0 atom stereocenters. The molecular weight excluding hydrogens is 252 g/mol. The molecule has 1 amide bonds. The van der Waals surface area contributed by atoms with Crippen molar-refractivity contribution in [2.24, 2.45) is 16.3 Å². The van der Waals surface area contributed by atoms with Gasteiger partial charge in [-0.1, -0.05) is 6.92 Å². The number of aliphatic imine (C=N–C) groups is 1. The Balaban J connectivity index is 2.42. The molecule has 5 heteroatoms. The summed E-state index contributed by atoms with van der Waals surface area (Å²) in [6.45, 7) is 6.73. The smallest absolute Gasteiger partial charge is 0.227 e. The van der Waals surface area contributed by atoms with Crippen LogP contribution >= 0.6 is 0 Å². The summed E-state index contributed by atoms with van der Waals surface area (Å²) in [6.07, 6.45) is 4.94. The molecule has 0 unspecified atom stereocenters. The number of hydrogen-bond acceptors (Lipinski definition) is 2. The number of hydrogen-bond donors (Lipinski definition) is 3. The van der Waals surface area contributed by atoms with Crippen LogP contribution in [0.5, 0.6) is 0 Å². The molecule has 0 spiro atoms. The molecule has 5 nitrogen and oxygen atoms in total.